The monoisotopic (exact) mass is 367 g/mol. The molecule has 0 fully saturated rings. The zero-order valence-corrected chi connectivity index (χ0v) is 15.6. The van der Waals surface area contributed by atoms with E-state index in [4.69, 9.17) is 0 Å². The number of carbonyl (C=O) groups excluding carboxylic acids is 2. The Morgan fingerprint density at radius 2 is 1.64 bits per heavy atom. The first kappa shape index (κ1) is 23.0. The van der Waals surface area contributed by atoms with Crippen molar-refractivity contribution < 1.29 is 22.8 Å². The summed E-state index contributed by atoms with van der Waals surface area (Å²) < 4.78 is 36.9. The second kappa shape index (κ2) is 9.47. The van der Waals surface area contributed by atoms with E-state index < -0.39 is 25.2 Å². The highest BCUT2D eigenvalue weighted by atomic mass is 19.4. The lowest BCUT2D eigenvalue weighted by molar-refractivity contribution is -0.157. The van der Waals surface area contributed by atoms with Crippen molar-refractivity contribution in [2.45, 2.75) is 39.4 Å². The number of guanidine groups is 1. The van der Waals surface area contributed by atoms with E-state index in [1.54, 1.807) is 14.0 Å². The number of hydrogen-bond donors (Lipinski definition) is 2. The predicted molar refractivity (Wildman–Crippen MR) is 90.2 cm³/mol. The average molecular weight is 367 g/mol. The average Bonchev–Trinajstić information content (AvgIpc) is 2.38. The first-order valence-corrected chi connectivity index (χ1v) is 7.86. The zero-order valence-electron chi connectivity index (χ0n) is 15.6. The number of carbonyl (C=O) groups is 2. The molecule has 0 aliphatic rings. The van der Waals surface area contributed by atoms with Crippen LogP contribution < -0.4 is 10.6 Å². The molecule has 0 saturated heterocycles. The van der Waals surface area contributed by atoms with E-state index >= 15 is 0 Å². The molecule has 0 radical (unpaired) electrons. The van der Waals surface area contributed by atoms with Gasteiger partial charge in [-0.25, -0.2) is 4.99 Å². The molecule has 0 aliphatic carbocycles. The van der Waals surface area contributed by atoms with Gasteiger partial charge in [0.05, 0.1) is 6.54 Å². The maximum absolute atomic E-state index is 12.3. The highest BCUT2D eigenvalue weighted by Gasteiger charge is 2.31. The van der Waals surface area contributed by atoms with Gasteiger partial charge in [-0.2, -0.15) is 13.2 Å². The van der Waals surface area contributed by atoms with Gasteiger partial charge in [0.25, 0.3) is 0 Å². The topological polar surface area (TPSA) is 77.0 Å². The van der Waals surface area contributed by atoms with Gasteiger partial charge in [-0.1, -0.05) is 0 Å². The third kappa shape index (κ3) is 11.2. The van der Waals surface area contributed by atoms with Crippen molar-refractivity contribution in [3.63, 3.8) is 0 Å². The summed E-state index contributed by atoms with van der Waals surface area (Å²) in [5, 5.41) is 5.69. The summed E-state index contributed by atoms with van der Waals surface area (Å²) in [4.78, 5) is 29.8. The van der Waals surface area contributed by atoms with Crippen molar-refractivity contribution >= 4 is 17.8 Å². The quantitative estimate of drug-likeness (QED) is 0.538. The molecular formula is C15H28F3N5O2. The van der Waals surface area contributed by atoms with Crippen molar-refractivity contribution in [3.8, 4) is 0 Å². The maximum Gasteiger partial charge on any atom is 0.406 e. The highest BCUT2D eigenvalue weighted by molar-refractivity contribution is 5.88. The Morgan fingerprint density at radius 3 is 2.08 bits per heavy atom. The number of halogens is 3. The molecule has 0 bridgehead atoms. The third-order valence-electron chi connectivity index (χ3n) is 2.80. The number of alkyl halides is 3. The van der Waals surface area contributed by atoms with Gasteiger partial charge < -0.3 is 20.4 Å². The van der Waals surface area contributed by atoms with Crippen LogP contribution in [0.1, 0.15) is 27.7 Å². The van der Waals surface area contributed by atoms with Crippen LogP contribution in [-0.4, -0.2) is 79.6 Å². The van der Waals surface area contributed by atoms with Crippen molar-refractivity contribution in [2.24, 2.45) is 4.99 Å². The van der Waals surface area contributed by atoms with Crippen LogP contribution in [0.4, 0.5) is 13.2 Å². The molecule has 0 rings (SSSR count). The summed E-state index contributed by atoms with van der Waals surface area (Å²) in [5.41, 5.74) is -0.385. The summed E-state index contributed by atoms with van der Waals surface area (Å²) in [6, 6.07) is 0. The number of likely N-dealkylation sites (N-methyl/N-ethyl adjacent to an activating group) is 2. The Labute approximate surface area is 146 Å². The van der Waals surface area contributed by atoms with Gasteiger partial charge in [0, 0.05) is 26.2 Å². The van der Waals surface area contributed by atoms with E-state index in [9.17, 15) is 22.8 Å². The summed E-state index contributed by atoms with van der Waals surface area (Å²) >= 11 is 0. The fourth-order valence-electron chi connectivity index (χ4n) is 1.84. The Hall–Kier alpha value is -2.00. The highest BCUT2D eigenvalue weighted by Crippen LogP contribution is 2.15. The molecule has 0 spiro atoms. The molecule has 2 amide bonds. The minimum atomic E-state index is -4.46. The first-order chi connectivity index (χ1) is 11.2. The number of amides is 2. The lowest BCUT2D eigenvalue weighted by Crippen LogP contribution is -2.49. The van der Waals surface area contributed by atoms with Gasteiger partial charge in [0.1, 0.15) is 13.1 Å². The lowest BCUT2D eigenvalue weighted by Gasteiger charge is -2.25. The summed E-state index contributed by atoms with van der Waals surface area (Å²) in [6.07, 6.45) is -4.46. The fourth-order valence-corrected chi connectivity index (χ4v) is 1.84. The van der Waals surface area contributed by atoms with Crippen molar-refractivity contribution in [2.75, 3.05) is 40.3 Å². The molecular weight excluding hydrogens is 339 g/mol. The molecule has 146 valence electrons. The predicted octanol–water partition coefficient (Wildman–Crippen LogP) is 0.819. The van der Waals surface area contributed by atoms with Crippen molar-refractivity contribution in [1.29, 1.82) is 0 Å². The molecule has 2 N–H and O–H groups in total. The van der Waals surface area contributed by atoms with Crippen LogP contribution in [0.3, 0.4) is 0 Å². The van der Waals surface area contributed by atoms with Crippen LogP contribution >= 0.6 is 0 Å². The van der Waals surface area contributed by atoms with Crippen LogP contribution in [0.5, 0.6) is 0 Å². The molecule has 0 atom stereocenters. The van der Waals surface area contributed by atoms with Crippen LogP contribution in [0.2, 0.25) is 0 Å². The molecule has 25 heavy (non-hydrogen) atoms. The maximum atomic E-state index is 12.3. The lowest BCUT2D eigenvalue weighted by atomic mass is 10.1. The standard InChI is InChI=1S/C15H28F3N5O2/c1-7-19-13(22(5)9-11(24)21-14(2,3)4)20-8-12(25)23(6)10-15(16,17)18/h7-10H2,1-6H3,(H,19,20)(H,21,24). The minimum Gasteiger partial charge on any atom is -0.356 e. The number of nitrogens with one attached hydrogen (secondary N) is 2. The van der Waals surface area contributed by atoms with Crippen LogP contribution in [0.15, 0.2) is 4.99 Å². The molecule has 0 unspecified atom stereocenters. The number of rotatable bonds is 6. The van der Waals surface area contributed by atoms with E-state index in [1.807, 2.05) is 20.8 Å². The largest absolute Gasteiger partial charge is 0.406 e. The number of nitrogens with zero attached hydrogens (tertiary/aromatic N) is 3. The normalized spacial score (nSPS) is 12.6. The molecule has 10 heteroatoms. The summed E-state index contributed by atoms with van der Waals surface area (Å²) in [5.74, 6) is -0.735. The zero-order chi connectivity index (χ0) is 19.8. The van der Waals surface area contributed by atoms with Gasteiger partial charge in [0.2, 0.25) is 11.8 Å². The summed E-state index contributed by atoms with van der Waals surface area (Å²) in [6.45, 7) is 6.04. The molecule has 0 aromatic heterocycles. The van der Waals surface area contributed by atoms with Gasteiger partial charge in [-0.05, 0) is 27.7 Å². The van der Waals surface area contributed by atoms with E-state index in [2.05, 4.69) is 15.6 Å². The fraction of sp³-hybridized carbons (Fsp3) is 0.800. The Kier molecular flexibility index (Phi) is 8.72. The minimum absolute atomic E-state index is 0.00428. The van der Waals surface area contributed by atoms with Crippen LogP contribution in [-0.2, 0) is 9.59 Å². The van der Waals surface area contributed by atoms with Gasteiger partial charge in [-0.15, -0.1) is 0 Å². The number of hydrogen-bond acceptors (Lipinski definition) is 3. The van der Waals surface area contributed by atoms with E-state index in [1.165, 1.54) is 4.90 Å². The molecule has 7 nitrogen and oxygen atoms in total. The van der Waals surface area contributed by atoms with E-state index in [0.717, 1.165) is 7.05 Å². The molecule has 0 aliphatic heterocycles. The van der Waals surface area contributed by atoms with Gasteiger partial charge in [0.15, 0.2) is 5.96 Å². The van der Waals surface area contributed by atoms with Gasteiger partial charge >= 0.3 is 6.18 Å². The Balaban J connectivity index is 4.83. The van der Waals surface area contributed by atoms with Crippen molar-refractivity contribution in [1.82, 2.24) is 20.4 Å². The first-order valence-electron chi connectivity index (χ1n) is 7.86. The van der Waals surface area contributed by atoms with Crippen LogP contribution in [0.25, 0.3) is 0 Å². The molecule has 0 aromatic rings. The smallest absolute Gasteiger partial charge is 0.356 e. The second-order valence-electron chi connectivity index (χ2n) is 6.69. The van der Waals surface area contributed by atoms with Crippen molar-refractivity contribution in [3.05, 3.63) is 0 Å². The Bertz CT molecular complexity index is 487. The number of aliphatic imine (C=N–C) groups is 1. The molecule has 0 saturated carbocycles. The van der Waals surface area contributed by atoms with E-state index in [0.29, 0.717) is 11.4 Å². The van der Waals surface area contributed by atoms with E-state index in [-0.39, 0.29) is 24.0 Å². The second-order valence-corrected chi connectivity index (χ2v) is 6.69. The SMILES string of the molecule is CCNC(=NCC(=O)N(C)CC(F)(F)F)N(C)CC(=O)NC(C)(C)C. The Morgan fingerprint density at radius 1 is 1.08 bits per heavy atom. The van der Waals surface area contributed by atoms with Gasteiger partial charge in [-0.3, -0.25) is 9.59 Å². The molecule has 0 aromatic carbocycles. The molecule has 0 heterocycles. The van der Waals surface area contributed by atoms with Crippen LogP contribution in [0, 0.1) is 0 Å². The summed E-state index contributed by atoms with van der Waals surface area (Å²) in [7, 11) is 2.67. The third-order valence-corrected chi connectivity index (χ3v) is 2.80.